The second kappa shape index (κ2) is 7.85. The lowest BCUT2D eigenvalue weighted by Gasteiger charge is -2.21. The van der Waals surface area contributed by atoms with Crippen molar-refractivity contribution in [2.45, 2.75) is 19.3 Å². The van der Waals surface area contributed by atoms with Gasteiger partial charge in [-0.25, -0.2) is 9.97 Å². The smallest absolute Gasteiger partial charge is 0.165 e. The van der Waals surface area contributed by atoms with Gasteiger partial charge in [-0.2, -0.15) is 0 Å². The Bertz CT molecular complexity index is 2910. The average Bonchev–Trinajstić information content (AvgIpc) is 3.77. The molecule has 0 bridgehead atoms. The van der Waals surface area contributed by atoms with Crippen molar-refractivity contribution in [3.05, 3.63) is 126 Å². The molecule has 210 valence electrons. The third kappa shape index (κ3) is 2.83. The maximum Gasteiger partial charge on any atom is 0.165 e. The van der Waals surface area contributed by atoms with Crippen molar-refractivity contribution in [3.8, 4) is 22.3 Å². The number of para-hydroxylation sites is 3. The van der Waals surface area contributed by atoms with Crippen LogP contribution in [0.5, 0.6) is 0 Å². The van der Waals surface area contributed by atoms with Crippen molar-refractivity contribution in [1.82, 2.24) is 14.4 Å². The summed E-state index contributed by atoms with van der Waals surface area (Å²) < 4.78 is 8.88. The molecule has 0 spiro atoms. The molecule has 45 heavy (non-hydrogen) atoms. The molecule has 0 radical (unpaired) electrons. The Balaban J connectivity index is 1.25. The second-order valence-electron chi connectivity index (χ2n) is 13.0. The van der Waals surface area contributed by atoms with Gasteiger partial charge >= 0.3 is 0 Å². The molecule has 6 aromatic carbocycles. The van der Waals surface area contributed by atoms with Crippen LogP contribution < -0.4 is 0 Å². The van der Waals surface area contributed by atoms with Gasteiger partial charge in [0.2, 0.25) is 0 Å². The van der Waals surface area contributed by atoms with E-state index in [1.54, 1.807) is 0 Å². The van der Waals surface area contributed by atoms with E-state index in [0.29, 0.717) is 0 Å². The van der Waals surface area contributed by atoms with E-state index in [-0.39, 0.29) is 5.41 Å². The fourth-order valence-corrected chi connectivity index (χ4v) is 8.19. The van der Waals surface area contributed by atoms with Crippen LogP contribution in [-0.4, -0.2) is 14.4 Å². The minimum absolute atomic E-state index is 0.00737. The molecular weight excluding hydrogens is 550 g/mol. The quantitative estimate of drug-likeness (QED) is 0.196. The first-order valence-corrected chi connectivity index (χ1v) is 15.5. The van der Waals surface area contributed by atoms with Crippen molar-refractivity contribution in [3.63, 3.8) is 0 Å². The Kier molecular flexibility index (Phi) is 4.13. The third-order valence-corrected chi connectivity index (χ3v) is 10.3. The van der Waals surface area contributed by atoms with E-state index < -0.39 is 0 Å². The molecule has 0 amide bonds. The largest absolute Gasteiger partial charge is 0.455 e. The van der Waals surface area contributed by atoms with Crippen molar-refractivity contribution in [2.24, 2.45) is 0 Å². The summed E-state index contributed by atoms with van der Waals surface area (Å²) in [5, 5.41) is 5.65. The monoisotopic (exact) mass is 575 g/mol. The molecular formula is C41H25N3O. The normalized spacial score (nSPS) is 14.2. The van der Waals surface area contributed by atoms with E-state index in [2.05, 4.69) is 97.1 Å². The third-order valence-electron chi connectivity index (χ3n) is 10.3. The molecule has 1 aliphatic rings. The molecule has 0 unspecified atom stereocenters. The van der Waals surface area contributed by atoms with Gasteiger partial charge in [0, 0.05) is 27.0 Å². The Morgan fingerprint density at radius 3 is 2.24 bits per heavy atom. The van der Waals surface area contributed by atoms with Crippen LogP contribution in [0, 0.1) is 0 Å². The van der Waals surface area contributed by atoms with Crippen LogP contribution in [0.2, 0.25) is 0 Å². The summed E-state index contributed by atoms with van der Waals surface area (Å²) >= 11 is 0. The van der Waals surface area contributed by atoms with Gasteiger partial charge in [-0.3, -0.25) is 4.40 Å². The van der Waals surface area contributed by atoms with Gasteiger partial charge in [0.25, 0.3) is 0 Å². The lowest BCUT2D eigenvalue weighted by Crippen LogP contribution is -2.14. The topological polar surface area (TPSA) is 43.3 Å². The predicted molar refractivity (Wildman–Crippen MR) is 184 cm³/mol. The Morgan fingerprint density at radius 1 is 0.600 bits per heavy atom. The van der Waals surface area contributed by atoms with E-state index in [4.69, 9.17) is 14.4 Å². The number of rotatable bonds is 1. The van der Waals surface area contributed by atoms with E-state index in [0.717, 1.165) is 60.6 Å². The number of nitrogens with zero attached hydrogens (tertiary/aromatic N) is 3. The van der Waals surface area contributed by atoms with Crippen LogP contribution in [0.1, 0.15) is 25.0 Å². The van der Waals surface area contributed by atoms with Gasteiger partial charge in [0.05, 0.1) is 27.5 Å². The number of benzene rings is 6. The Hall–Kier alpha value is -5.74. The number of hydrogen-bond donors (Lipinski definition) is 0. The molecule has 10 aromatic rings. The molecule has 4 aromatic heterocycles. The predicted octanol–water partition coefficient (Wildman–Crippen LogP) is 10.7. The van der Waals surface area contributed by atoms with Crippen molar-refractivity contribution in [2.75, 3.05) is 0 Å². The average molecular weight is 576 g/mol. The van der Waals surface area contributed by atoms with E-state index in [1.807, 2.05) is 36.4 Å². The summed E-state index contributed by atoms with van der Waals surface area (Å²) in [6.45, 7) is 4.66. The summed E-state index contributed by atoms with van der Waals surface area (Å²) in [5.41, 5.74) is 15.4. The second-order valence-corrected chi connectivity index (χ2v) is 13.0. The molecule has 4 nitrogen and oxygen atoms in total. The fourth-order valence-electron chi connectivity index (χ4n) is 8.19. The van der Waals surface area contributed by atoms with E-state index in [1.165, 1.54) is 44.2 Å². The molecule has 4 heteroatoms. The zero-order chi connectivity index (χ0) is 29.6. The molecule has 0 fully saturated rings. The lowest BCUT2D eigenvalue weighted by molar-refractivity contribution is 0.660. The molecule has 0 N–H and O–H groups in total. The number of hydrogen-bond acceptors (Lipinski definition) is 3. The van der Waals surface area contributed by atoms with E-state index in [9.17, 15) is 0 Å². The number of furan rings is 1. The summed E-state index contributed by atoms with van der Waals surface area (Å²) in [4.78, 5) is 10.4. The van der Waals surface area contributed by atoms with Gasteiger partial charge in [0.15, 0.2) is 5.65 Å². The highest BCUT2D eigenvalue weighted by molar-refractivity contribution is 6.32. The van der Waals surface area contributed by atoms with Crippen molar-refractivity contribution < 1.29 is 4.42 Å². The van der Waals surface area contributed by atoms with Crippen molar-refractivity contribution in [1.29, 1.82) is 0 Å². The first-order valence-electron chi connectivity index (χ1n) is 15.5. The lowest BCUT2D eigenvalue weighted by atomic mass is 9.82. The molecule has 4 heterocycles. The van der Waals surface area contributed by atoms with Crippen LogP contribution in [-0.2, 0) is 5.41 Å². The van der Waals surface area contributed by atoms with E-state index >= 15 is 0 Å². The van der Waals surface area contributed by atoms with Gasteiger partial charge < -0.3 is 4.42 Å². The highest BCUT2D eigenvalue weighted by atomic mass is 16.3. The standard InChI is InChI=1S/C41H25N3O/c1-41(2)30-11-5-3-9-24(30)26-19-22(15-17-31(26)41)23-16-18-34-27(20-23)28-21-29-25-10-4-8-14-35(25)45-39(29)36-37-40(44(34)38(28)36)43-33-13-7-6-12-32(33)42-37/h3-21H,1-2H3. The highest BCUT2D eigenvalue weighted by Crippen LogP contribution is 2.50. The van der Waals surface area contributed by atoms with Crippen molar-refractivity contribution >= 4 is 71.3 Å². The zero-order valence-electron chi connectivity index (χ0n) is 24.7. The fraction of sp³-hybridized carbons (Fsp3) is 0.0732. The van der Waals surface area contributed by atoms with Crippen LogP contribution >= 0.6 is 0 Å². The van der Waals surface area contributed by atoms with Crippen LogP contribution in [0.25, 0.3) is 93.6 Å². The maximum atomic E-state index is 6.58. The minimum Gasteiger partial charge on any atom is -0.455 e. The Labute approximate surface area is 257 Å². The summed E-state index contributed by atoms with van der Waals surface area (Å²) in [5.74, 6) is 0. The molecule has 0 atom stereocenters. The number of aromatic nitrogens is 3. The van der Waals surface area contributed by atoms with Gasteiger partial charge in [0.1, 0.15) is 16.7 Å². The first-order chi connectivity index (χ1) is 22.1. The van der Waals surface area contributed by atoms with Gasteiger partial charge in [-0.15, -0.1) is 0 Å². The van der Waals surface area contributed by atoms with Gasteiger partial charge in [-0.05, 0) is 75.8 Å². The number of fused-ring (bicyclic) bond motifs is 14. The molecule has 0 aliphatic heterocycles. The maximum absolute atomic E-state index is 6.58. The van der Waals surface area contributed by atoms with Crippen LogP contribution in [0.3, 0.4) is 0 Å². The van der Waals surface area contributed by atoms with Gasteiger partial charge in [-0.1, -0.05) is 86.6 Å². The SMILES string of the molecule is CC1(C)c2ccccc2-c2cc(-c3ccc4c(c3)c3cc5c6ccccc6oc5c5c6nc7ccccc7nc6n4c35)ccc21. The first kappa shape index (κ1) is 23.7. The summed E-state index contributed by atoms with van der Waals surface area (Å²) in [6.07, 6.45) is 0. The minimum atomic E-state index is -0.00737. The molecule has 1 aliphatic carbocycles. The summed E-state index contributed by atoms with van der Waals surface area (Å²) in [6, 6.07) is 41.5. The highest BCUT2D eigenvalue weighted by Gasteiger charge is 2.35. The zero-order valence-corrected chi connectivity index (χ0v) is 24.7. The summed E-state index contributed by atoms with van der Waals surface area (Å²) in [7, 11) is 0. The molecule has 0 saturated heterocycles. The van der Waals surface area contributed by atoms with Crippen LogP contribution in [0.15, 0.2) is 120 Å². The van der Waals surface area contributed by atoms with Crippen LogP contribution in [0.4, 0.5) is 0 Å². The Morgan fingerprint density at radius 2 is 1.33 bits per heavy atom. The molecule has 0 saturated carbocycles. The molecule has 11 rings (SSSR count).